The molecule has 1 aliphatic carbocycles. The zero-order chi connectivity index (χ0) is 14.6. The summed E-state index contributed by atoms with van der Waals surface area (Å²) in [5.41, 5.74) is -0.566. The van der Waals surface area contributed by atoms with Crippen LogP contribution in [-0.4, -0.2) is 24.1 Å². The third-order valence-corrected chi connectivity index (χ3v) is 3.88. The van der Waals surface area contributed by atoms with Gasteiger partial charge in [-0.15, -0.1) is 0 Å². The van der Waals surface area contributed by atoms with E-state index < -0.39 is 11.2 Å². The number of halogens is 2. The predicted molar refractivity (Wildman–Crippen MR) is 75.2 cm³/mol. The van der Waals surface area contributed by atoms with Crippen molar-refractivity contribution in [3.8, 4) is 0 Å². The van der Waals surface area contributed by atoms with E-state index in [1.165, 1.54) is 12.3 Å². The van der Waals surface area contributed by atoms with E-state index in [1.807, 2.05) is 0 Å². The zero-order valence-corrected chi connectivity index (χ0v) is 12.2. The third kappa shape index (κ3) is 3.20. The van der Waals surface area contributed by atoms with Crippen LogP contribution >= 0.6 is 11.6 Å². The number of nitrogens with zero attached hydrogens (tertiary/aromatic N) is 1. The van der Waals surface area contributed by atoms with Crippen LogP contribution in [0, 0.1) is 11.2 Å². The van der Waals surface area contributed by atoms with Crippen LogP contribution in [0.15, 0.2) is 12.3 Å². The van der Waals surface area contributed by atoms with Crippen LogP contribution in [0.5, 0.6) is 0 Å². The number of hydrogen-bond donors (Lipinski definition) is 1. The Labute approximate surface area is 122 Å². The van der Waals surface area contributed by atoms with Gasteiger partial charge in [-0.2, -0.15) is 0 Å². The molecule has 1 N–H and O–H groups in total. The number of carbonyl (C=O) groups is 1. The Bertz CT molecular complexity index is 490. The van der Waals surface area contributed by atoms with Gasteiger partial charge in [-0.3, -0.25) is 4.79 Å². The monoisotopic (exact) mass is 300 g/mol. The molecule has 1 aromatic rings. The Morgan fingerprint density at radius 1 is 1.55 bits per heavy atom. The first-order valence-electron chi connectivity index (χ1n) is 6.79. The molecule has 0 atom stereocenters. The van der Waals surface area contributed by atoms with Crippen molar-refractivity contribution >= 4 is 23.4 Å². The summed E-state index contributed by atoms with van der Waals surface area (Å²) in [6.07, 6.45) is 4.86. The van der Waals surface area contributed by atoms with E-state index in [1.54, 1.807) is 6.92 Å². The molecular formula is C14H18ClFN2O2. The maximum atomic E-state index is 13.7. The summed E-state index contributed by atoms with van der Waals surface area (Å²) in [4.78, 5) is 16.0. The molecule has 1 saturated carbocycles. The highest BCUT2D eigenvalue weighted by Crippen LogP contribution is 2.39. The Morgan fingerprint density at radius 2 is 2.25 bits per heavy atom. The normalized spacial score (nSPS) is 16.9. The minimum atomic E-state index is -0.566. The third-order valence-electron chi connectivity index (χ3n) is 3.67. The second kappa shape index (κ2) is 6.39. The molecule has 0 radical (unpaired) electrons. The van der Waals surface area contributed by atoms with Gasteiger partial charge in [0.05, 0.1) is 17.0 Å². The van der Waals surface area contributed by atoms with Gasteiger partial charge in [0.1, 0.15) is 0 Å². The number of rotatable bonds is 5. The summed E-state index contributed by atoms with van der Waals surface area (Å²) in [7, 11) is 0. The summed E-state index contributed by atoms with van der Waals surface area (Å²) < 4.78 is 18.8. The second-order valence-electron chi connectivity index (χ2n) is 5.05. The molecule has 0 saturated heterocycles. The van der Waals surface area contributed by atoms with Crippen LogP contribution in [0.4, 0.5) is 10.2 Å². The summed E-state index contributed by atoms with van der Waals surface area (Å²) in [6.45, 7) is 2.47. The average molecular weight is 301 g/mol. The number of nitrogens with one attached hydrogen (secondary N) is 1. The van der Waals surface area contributed by atoms with Gasteiger partial charge >= 0.3 is 5.97 Å². The lowest BCUT2D eigenvalue weighted by Crippen LogP contribution is -2.37. The van der Waals surface area contributed by atoms with Crippen molar-refractivity contribution in [2.75, 3.05) is 18.5 Å². The first-order chi connectivity index (χ1) is 9.57. The van der Waals surface area contributed by atoms with Gasteiger partial charge in [0.2, 0.25) is 0 Å². The zero-order valence-electron chi connectivity index (χ0n) is 11.4. The first kappa shape index (κ1) is 15.0. The standard InChI is InChI=1S/C14H18ClFN2O2/c1-2-20-13(19)14(5-3-4-6-14)9-18-12-11(16)7-10(15)8-17-12/h7-8H,2-6,9H2,1H3,(H,17,18). The molecule has 1 aromatic heterocycles. The molecule has 1 fully saturated rings. The molecule has 6 heteroatoms. The van der Waals surface area contributed by atoms with Crippen LogP contribution in [-0.2, 0) is 9.53 Å². The predicted octanol–water partition coefficient (Wildman–Crippen LogP) is 3.41. The molecule has 0 unspecified atom stereocenters. The molecule has 110 valence electrons. The molecule has 0 amide bonds. The van der Waals surface area contributed by atoms with Gasteiger partial charge < -0.3 is 10.1 Å². The number of pyridine rings is 1. The van der Waals surface area contributed by atoms with E-state index >= 15 is 0 Å². The molecule has 1 heterocycles. The number of hydrogen-bond acceptors (Lipinski definition) is 4. The minimum absolute atomic E-state index is 0.116. The molecule has 0 spiro atoms. The lowest BCUT2D eigenvalue weighted by Gasteiger charge is -2.26. The Hall–Kier alpha value is -1.36. The maximum Gasteiger partial charge on any atom is 0.313 e. The minimum Gasteiger partial charge on any atom is -0.466 e. The molecule has 0 aromatic carbocycles. The number of carbonyl (C=O) groups excluding carboxylic acids is 1. The summed E-state index contributed by atoms with van der Waals surface area (Å²) in [5, 5.41) is 3.16. The van der Waals surface area contributed by atoms with Gasteiger partial charge in [0.25, 0.3) is 0 Å². The van der Waals surface area contributed by atoms with Crippen molar-refractivity contribution in [2.45, 2.75) is 32.6 Å². The first-order valence-corrected chi connectivity index (χ1v) is 7.17. The molecule has 0 aliphatic heterocycles. The largest absolute Gasteiger partial charge is 0.466 e. The van der Waals surface area contributed by atoms with Gasteiger partial charge in [-0.25, -0.2) is 9.37 Å². The number of esters is 1. The van der Waals surface area contributed by atoms with Crippen molar-refractivity contribution in [3.05, 3.63) is 23.1 Å². The quantitative estimate of drug-likeness (QED) is 0.847. The number of aromatic nitrogens is 1. The summed E-state index contributed by atoms with van der Waals surface area (Å²) in [6, 6.07) is 1.20. The fourth-order valence-electron chi connectivity index (χ4n) is 2.59. The van der Waals surface area contributed by atoms with E-state index in [4.69, 9.17) is 16.3 Å². The topological polar surface area (TPSA) is 51.2 Å². The highest BCUT2D eigenvalue weighted by molar-refractivity contribution is 6.30. The van der Waals surface area contributed by atoms with Gasteiger partial charge in [0, 0.05) is 12.7 Å². The van der Waals surface area contributed by atoms with Gasteiger partial charge in [-0.05, 0) is 25.8 Å². The van der Waals surface area contributed by atoms with E-state index in [9.17, 15) is 9.18 Å². The lowest BCUT2D eigenvalue weighted by atomic mass is 9.86. The van der Waals surface area contributed by atoms with Crippen LogP contribution in [0.1, 0.15) is 32.6 Å². The maximum absolute atomic E-state index is 13.7. The molecule has 0 bridgehead atoms. The van der Waals surface area contributed by atoms with Crippen molar-refractivity contribution in [1.82, 2.24) is 4.98 Å². The van der Waals surface area contributed by atoms with Crippen LogP contribution in [0.3, 0.4) is 0 Å². The van der Waals surface area contributed by atoms with E-state index in [2.05, 4.69) is 10.3 Å². The smallest absolute Gasteiger partial charge is 0.313 e. The SMILES string of the molecule is CCOC(=O)C1(CNc2ncc(Cl)cc2F)CCCC1. The Kier molecular flexibility index (Phi) is 4.81. The molecule has 2 rings (SSSR count). The van der Waals surface area contributed by atoms with Crippen molar-refractivity contribution in [2.24, 2.45) is 5.41 Å². The number of anilines is 1. The lowest BCUT2D eigenvalue weighted by molar-refractivity contribution is -0.154. The Balaban J connectivity index is 2.07. The highest BCUT2D eigenvalue weighted by atomic mass is 35.5. The summed E-state index contributed by atoms with van der Waals surface area (Å²) in [5.74, 6) is -0.612. The molecule has 20 heavy (non-hydrogen) atoms. The Morgan fingerprint density at radius 3 is 2.85 bits per heavy atom. The number of ether oxygens (including phenoxy) is 1. The molecule has 1 aliphatic rings. The van der Waals surface area contributed by atoms with E-state index in [-0.39, 0.29) is 16.8 Å². The van der Waals surface area contributed by atoms with E-state index in [0.29, 0.717) is 13.2 Å². The van der Waals surface area contributed by atoms with Crippen molar-refractivity contribution in [1.29, 1.82) is 0 Å². The van der Waals surface area contributed by atoms with E-state index in [0.717, 1.165) is 25.7 Å². The molecule has 4 nitrogen and oxygen atoms in total. The highest BCUT2D eigenvalue weighted by Gasteiger charge is 2.42. The van der Waals surface area contributed by atoms with Crippen LogP contribution < -0.4 is 5.32 Å². The average Bonchev–Trinajstić information content (AvgIpc) is 2.88. The van der Waals surface area contributed by atoms with Gasteiger partial charge in [-0.1, -0.05) is 24.4 Å². The fourth-order valence-corrected chi connectivity index (χ4v) is 2.73. The second-order valence-corrected chi connectivity index (χ2v) is 5.48. The van der Waals surface area contributed by atoms with Crippen molar-refractivity contribution < 1.29 is 13.9 Å². The fraction of sp³-hybridized carbons (Fsp3) is 0.571. The van der Waals surface area contributed by atoms with Crippen molar-refractivity contribution in [3.63, 3.8) is 0 Å². The summed E-state index contributed by atoms with van der Waals surface area (Å²) >= 11 is 5.66. The van der Waals surface area contributed by atoms with Gasteiger partial charge in [0.15, 0.2) is 11.6 Å². The van der Waals surface area contributed by atoms with Crippen LogP contribution in [0.2, 0.25) is 5.02 Å². The molecular weight excluding hydrogens is 283 g/mol. The van der Waals surface area contributed by atoms with Crippen LogP contribution in [0.25, 0.3) is 0 Å².